The molecule has 1 aromatic carbocycles. The van der Waals surface area contributed by atoms with Crippen LogP contribution in [0.25, 0.3) is 0 Å². The highest BCUT2D eigenvalue weighted by atomic mass is 16.5. The van der Waals surface area contributed by atoms with E-state index in [1.807, 2.05) is 37.3 Å². The van der Waals surface area contributed by atoms with Crippen molar-refractivity contribution in [1.82, 2.24) is 9.88 Å². The summed E-state index contributed by atoms with van der Waals surface area (Å²) in [6.07, 6.45) is 0.631. The number of hydrogen-bond acceptors (Lipinski definition) is 4. The van der Waals surface area contributed by atoms with E-state index >= 15 is 0 Å². The molecule has 2 aromatic rings. The normalized spacial score (nSPS) is 12.9. The van der Waals surface area contributed by atoms with Crippen LogP contribution in [0, 0.1) is 0 Å². The van der Waals surface area contributed by atoms with Crippen molar-refractivity contribution in [2.45, 2.75) is 32.8 Å². The topological polar surface area (TPSA) is 77.4 Å². The zero-order valence-electron chi connectivity index (χ0n) is 15.5. The van der Waals surface area contributed by atoms with E-state index in [9.17, 15) is 14.4 Å². The van der Waals surface area contributed by atoms with E-state index in [0.717, 1.165) is 5.56 Å². The molecule has 0 saturated carbocycles. The lowest BCUT2D eigenvalue weighted by Gasteiger charge is -2.16. The van der Waals surface area contributed by atoms with Gasteiger partial charge in [0.25, 0.3) is 5.91 Å². The van der Waals surface area contributed by atoms with Crippen LogP contribution in [-0.2, 0) is 16.6 Å². The maximum atomic E-state index is 12.2. The Balaban J connectivity index is 1.90. The molecular weight excluding hydrogens is 332 g/mol. The molecule has 0 aliphatic heterocycles. The predicted molar refractivity (Wildman–Crippen MR) is 98.2 cm³/mol. The Bertz CT molecular complexity index is 795. The van der Waals surface area contributed by atoms with Gasteiger partial charge in [-0.3, -0.25) is 9.59 Å². The Kier molecular flexibility index (Phi) is 6.33. The molecule has 1 N–H and O–H groups in total. The number of esters is 1. The molecule has 1 heterocycles. The van der Waals surface area contributed by atoms with Crippen LogP contribution in [-0.4, -0.2) is 34.9 Å². The summed E-state index contributed by atoms with van der Waals surface area (Å²) in [4.78, 5) is 35.8. The zero-order chi connectivity index (χ0) is 19.3. The third kappa shape index (κ3) is 4.81. The summed E-state index contributed by atoms with van der Waals surface area (Å²) < 4.78 is 6.74. The lowest BCUT2D eigenvalue weighted by atomic mass is 10.0. The van der Waals surface area contributed by atoms with Crippen LogP contribution in [0.1, 0.15) is 53.1 Å². The molecule has 2 atom stereocenters. The second-order valence-electron chi connectivity index (χ2n) is 6.39. The third-order valence-electron chi connectivity index (χ3n) is 4.22. The van der Waals surface area contributed by atoms with Gasteiger partial charge in [-0.2, -0.15) is 0 Å². The third-order valence-corrected chi connectivity index (χ3v) is 4.22. The molecule has 0 radical (unpaired) electrons. The van der Waals surface area contributed by atoms with Gasteiger partial charge in [-0.25, -0.2) is 4.79 Å². The molecule has 6 heteroatoms. The van der Waals surface area contributed by atoms with E-state index in [4.69, 9.17) is 4.74 Å². The van der Waals surface area contributed by atoms with E-state index in [-0.39, 0.29) is 23.3 Å². The van der Waals surface area contributed by atoms with E-state index in [2.05, 4.69) is 5.32 Å². The molecule has 26 heavy (non-hydrogen) atoms. The standard InChI is InChI=1S/C20H24N2O4/c1-13(16-8-6-5-7-9-16)11-21-19(24)15(3)26-20(25)18-10-17(14(2)23)12-22(18)4/h5-10,12-13,15H,11H2,1-4H3,(H,21,24)/t13-,15-/m0/s1. The molecule has 0 unspecified atom stereocenters. The molecule has 0 spiro atoms. The number of ether oxygens (including phenoxy) is 1. The molecule has 0 aliphatic carbocycles. The Morgan fingerprint density at radius 1 is 1.15 bits per heavy atom. The SMILES string of the molecule is CC(=O)c1cc(C(=O)O[C@@H](C)C(=O)NC[C@H](C)c2ccccc2)n(C)c1. The fourth-order valence-electron chi connectivity index (χ4n) is 2.53. The minimum absolute atomic E-state index is 0.139. The highest BCUT2D eigenvalue weighted by Crippen LogP contribution is 2.14. The van der Waals surface area contributed by atoms with Crippen LogP contribution in [0.4, 0.5) is 0 Å². The Labute approximate surface area is 153 Å². The van der Waals surface area contributed by atoms with Crippen LogP contribution >= 0.6 is 0 Å². The van der Waals surface area contributed by atoms with Crippen LogP contribution in [0.3, 0.4) is 0 Å². The van der Waals surface area contributed by atoms with Gasteiger partial charge in [-0.05, 0) is 31.4 Å². The maximum Gasteiger partial charge on any atom is 0.355 e. The summed E-state index contributed by atoms with van der Waals surface area (Å²) >= 11 is 0. The van der Waals surface area contributed by atoms with Gasteiger partial charge in [0.05, 0.1) is 0 Å². The Morgan fingerprint density at radius 2 is 1.81 bits per heavy atom. The second-order valence-corrected chi connectivity index (χ2v) is 6.39. The minimum atomic E-state index is -0.929. The number of carbonyl (C=O) groups excluding carboxylic acids is 3. The summed E-state index contributed by atoms with van der Waals surface area (Å²) in [5, 5.41) is 2.80. The number of aromatic nitrogens is 1. The quantitative estimate of drug-likeness (QED) is 0.611. The van der Waals surface area contributed by atoms with Gasteiger partial charge in [0, 0.05) is 25.4 Å². The number of rotatable bonds is 7. The Morgan fingerprint density at radius 3 is 2.38 bits per heavy atom. The molecule has 138 valence electrons. The van der Waals surface area contributed by atoms with Crippen LogP contribution in [0.15, 0.2) is 42.6 Å². The molecule has 0 fully saturated rings. The Hall–Kier alpha value is -2.89. The average Bonchev–Trinajstić information content (AvgIpc) is 3.02. The highest BCUT2D eigenvalue weighted by Gasteiger charge is 2.22. The van der Waals surface area contributed by atoms with Crippen LogP contribution < -0.4 is 5.32 Å². The number of carbonyl (C=O) groups is 3. The first kappa shape index (κ1) is 19.4. The van der Waals surface area contributed by atoms with Gasteiger partial charge in [0.2, 0.25) is 0 Å². The number of hydrogen-bond donors (Lipinski definition) is 1. The summed E-state index contributed by atoms with van der Waals surface area (Å²) in [6, 6.07) is 11.3. The van der Waals surface area contributed by atoms with Crippen LogP contribution in [0.2, 0.25) is 0 Å². The summed E-state index contributed by atoms with van der Waals surface area (Å²) in [7, 11) is 1.65. The fourth-order valence-corrected chi connectivity index (χ4v) is 2.53. The number of amides is 1. The van der Waals surface area contributed by atoms with Gasteiger partial charge in [0.1, 0.15) is 5.69 Å². The van der Waals surface area contributed by atoms with E-state index in [1.54, 1.807) is 13.2 Å². The molecule has 0 saturated heterocycles. The molecule has 6 nitrogen and oxygen atoms in total. The van der Waals surface area contributed by atoms with Gasteiger partial charge < -0.3 is 14.6 Å². The smallest absolute Gasteiger partial charge is 0.355 e. The molecule has 0 aliphatic rings. The van der Waals surface area contributed by atoms with Crippen molar-refractivity contribution in [2.75, 3.05) is 6.54 Å². The largest absolute Gasteiger partial charge is 0.448 e. The zero-order valence-corrected chi connectivity index (χ0v) is 15.5. The summed E-state index contributed by atoms with van der Waals surface area (Å²) in [5.74, 6) is -0.990. The highest BCUT2D eigenvalue weighted by molar-refractivity contribution is 5.98. The van der Waals surface area contributed by atoms with Gasteiger partial charge in [-0.15, -0.1) is 0 Å². The lowest BCUT2D eigenvalue weighted by molar-refractivity contribution is -0.129. The molecule has 2 rings (SSSR count). The van der Waals surface area contributed by atoms with Crippen molar-refractivity contribution >= 4 is 17.7 Å². The average molecular weight is 356 g/mol. The second kappa shape index (κ2) is 8.47. The number of Topliss-reactive ketones (excluding diaryl/α,β-unsaturated/α-hetero) is 1. The molecule has 1 amide bonds. The first-order valence-corrected chi connectivity index (χ1v) is 8.50. The number of ketones is 1. The van der Waals surface area contributed by atoms with Gasteiger partial charge in [0.15, 0.2) is 11.9 Å². The number of nitrogens with one attached hydrogen (secondary N) is 1. The van der Waals surface area contributed by atoms with E-state index in [1.165, 1.54) is 24.5 Å². The first-order valence-electron chi connectivity index (χ1n) is 8.50. The van der Waals surface area contributed by atoms with Gasteiger partial charge >= 0.3 is 5.97 Å². The van der Waals surface area contributed by atoms with Gasteiger partial charge in [-0.1, -0.05) is 37.3 Å². The van der Waals surface area contributed by atoms with Crippen molar-refractivity contribution in [1.29, 1.82) is 0 Å². The van der Waals surface area contributed by atoms with E-state index in [0.29, 0.717) is 12.1 Å². The number of benzene rings is 1. The maximum absolute atomic E-state index is 12.2. The molecule has 1 aromatic heterocycles. The lowest BCUT2D eigenvalue weighted by Crippen LogP contribution is -2.37. The predicted octanol–water partition coefficient (Wildman–Crippen LogP) is 2.69. The van der Waals surface area contributed by atoms with Crippen molar-refractivity contribution in [2.24, 2.45) is 7.05 Å². The fraction of sp³-hybridized carbons (Fsp3) is 0.350. The van der Waals surface area contributed by atoms with E-state index < -0.39 is 12.1 Å². The summed E-state index contributed by atoms with van der Waals surface area (Å²) in [6.45, 7) is 5.41. The molecular formula is C20H24N2O4. The van der Waals surface area contributed by atoms with Crippen molar-refractivity contribution < 1.29 is 19.1 Å². The molecule has 0 bridgehead atoms. The van der Waals surface area contributed by atoms with Crippen molar-refractivity contribution in [3.05, 3.63) is 59.4 Å². The van der Waals surface area contributed by atoms with Crippen molar-refractivity contribution in [3.63, 3.8) is 0 Å². The number of nitrogens with zero attached hydrogens (tertiary/aromatic N) is 1. The minimum Gasteiger partial charge on any atom is -0.448 e. The van der Waals surface area contributed by atoms with Crippen LogP contribution in [0.5, 0.6) is 0 Å². The number of aryl methyl sites for hydroxylation is 1. The van der Waals surface area contributed by atoms with Crippen molar-refractivity contribution in [3.8, 4) is 0 Å². The summed E-state index contributed by atoms with van der Waals surface area (Å²) in [5.41, 5.74) is 1.78. The first-order chi connectivity index (χ1) is 12.3. The monoisotopic (exact) mass is 356 g/mol.